The van der Waals surface area contributed by atoms with Crippen molar-refractivity contribution in [2.24, 2.45) is 5.41 Å². The van der Waals surface area contributed by atoms with Crippen molar-refractivity contribution < 1.29 is 14.4 Å². The summed E-state index contributed by atoms with van der Waals surface area (Å²) in [6.07, 6.45) is 5.27. The van der Waals surface area contributed by atoms with Crippen LogP contribution in [-0.2, 0) is 9.59 Å². The lowest BCUT2D eigenvalue weighted by Crippen LogP contribution is -2.58. The number of hydrogen-bond acceptors (Lipinski definition) is 9. The predicted molar refractivity (Wildman–Crippen MR) is 212 cm³/mol. The highest BCUT2D eigenvalue weighted by Crippen LogP contribution is 2.46. The van der Waals surface area contributed by atoms with E-state index in [0.717, 1.165) is 107 Å². The maximum absolute atomic E-state index is 13.6. The summed E-state index contributed by atoms with van der Waals surface area (Å²) >= 11 is 6.38. The fourth-order valence-corrected chi connectivity index (χ4v) is 9.45. The molecule has 3 aromatic carbocycles. The van der Waals surface area contributed by atoms with Gasteiger partial charge >= 0.3 is 0 Å². The molecule has 0 aliphatic carbocycles. The number of anilines is 4. The number of nitrogens with zero attached hydrogens (tertiary/aromatic N) is 6. The highest BCUT2D eigenvalue weighted by Gasteiger charge is 2.44. The van der Waals surface area contributed by atoms with Crippen LogP contribution in [0, 0.1) is 16.7 Å². The fraction of sp³-hybridized carbons (Fsp3) is 0.476. The van der Waals surface area contributed by atoms with E-state index in [9.17, 15) is 19.6 Å². The van der Waals surface area contributed by atoms with Crippen LogP contribution in [0.15, 0.2) is 66.7 Å². The molecule has 3 atom stereocenters. The lowest BCUT2D eigenvalue weighted by molar-refractivity contribution is -0.133. The van der Waals surface area contributed by atoms with Crippen molar-refractivity contribution in [3.63, 3.8) is 0 Å². The van der Waals surface area contributed by atoms with E-state index in [1.54, 1.807) is 0 Å². The van der Waals surface area contributed by atoms with Gasteiger partial charge in [0.1, 0.15) is 12.1 Å². The number of benzene rings is 3. The molecule has 5 aliphatic heterocycles. The zero-order chi connectivity index (χ0) is 37.4. The van der Waals surface area contributed by atoms with Crippen molar-refractivity contribution >= 4 is 52.1 Å². The molecule has 1 unspecified atom stereocenters. The van der Waals surface area contributed by atoms with E-state index in [0.29, 0.717) is 29.5 Å². The minimum atomic E-state index is -0.402. The highest BCUT2D eigenvalue weighted by atomic mass is 35.5. The van der Waals surface area contributed by atoms with Crippen LogP contribution >= 0.6 is 11.6 Å². The number of amides is 3. The number of halogens is 1. The average Bonchev–Trinajstić information content (AvgIpc) is 3.50. The Labute approximate surface area is 322 Å². The Balaban J connectivity index is 0.798. The van der Waals surface area contributed by atoms with Crippen LogP contribution in [0.4, 0.5) is 22.7 Å². The monoisotopic (exact) mass is 748 g/mol. The molecule has 12 heteroatoms. The van der Waals surface area contributed by atoms with E-state index in [1.807, 2.05) is 47.4 Å². The van der Waals surface area contributed by atoms with E-state index >= 15 is 0 Å². The second-order valence-corrected chi connectivity index (χ2v) is 16.3. The molecular weight excluding hydrogens is 700 g/mol. The van der Waals surface area contributed by atoms with Gasteiger partial charge in [0.15, 0.2) is 0 Å². The smallest absolute Gasteiger partial charge is 0.254 e. The second kappa shape index (κ2) is 15.2. The summed E-state index contributed by atoms with van der Waals surface area (Å²) in [5.74, 6) is -0.355. The minimum Gasteiger partial charge on any atom is -0.374 e. The van der Waals surface area contributed by atoms with Gasteiger partial charge in [0, 0.05) is 106 Å². The molecule has 0 radical (unpaired) electrons. The molecule has 5 aliphatic rings. The third-order valence-corrected chi connectivity index (χ3v) is 12.8. The van der Waals surface area contributed by atoms with Crippen molar-refractivity contribution in [3.05, 3.63) is 82.9 Å². The van der Waals surface area contributed by atoms with Gasteiger partial charge in [-0.3, -0.25) is 24.6 Å². The summed E-state index contributed by atoms with van der Waals surface area (Å²) in [5.41, 5.74) is 5.82. The SMILES string of the molecule is C[C@@H]1CC2(CCN(c3ccc(C(=O)N4CCC4CN4CCN(c5cccc(N[C@H]6CCC(=O)NC6=O)c5)CC4)cc3)CC2)CN1c1ccc(C#N)c(Cl)c1. The van der Waals surface area contributed by atoms with Crippen LogP contribution < -0.4 is 25.3 Å². The number of nitriles is 1. The maximum atomic E-state index is 13.6. The predicted octanol–water partition coefficient (Wildman–Crippen LogP) is 5.35. The Hall–Kier alpha value is -4.79. The first-order valence-corrected chi connectivity index (χ1v) is 19.8. The molecule has 282 valence electrons. The van der Waals surface area contributed by atoms with Crippen LogP contribution in [0.25, 0.3) is 0 Å². The number of carbonyl (C=O) groups is 3. The molecule has 11 nitrogen and oxygen atoms in total. The number of imide groups is 1. The molecule has 0 bridgehead atoms. The molecule has 0 aromatic heterocycles. The summed E-state index contributed by atoms with van der Waals surface area (Å²) in [5, 5.41) is 15.5. The van der Waals surface area contributed by atoms with Crippen molar-refractivity contribution in [2.45, 2.75) is 63.6 Å². The molecule has 8 rings (SSSR count). The quantitative estimate of drug-likeness (QED) is 0.295. The van der Waals surface area contributed by atoms with Gasteiger partial charge in [-0.1, -0.05) is 17.7 Å². The number of piperidine rings is 2. The molecule has 54 heavy (non-hydrogen) atoms. The number of likely N-dealkylation sites (tertiary alicyclic amines) is 1. The number of piperazine rings is 1. The zero-order valence-corrected chi connectivity index (χ0v) is 31.7. The number of hydrogen-bond donors (Lipinski definition) is 2. The third-order valence-electron chi connectivity index (χ3n) is 12.5. The summed E-state index contributed by atoms with van der Waals surface area (Å²) in [6.45, 7) is 10.6. The van der Waals surface area contributed by atoms with E-state index in [2.05, 4.69) is 67.5 Å². The minimum absolute atomic E-state index is 0.123. The van der Waals surface area contributed by atoms with Crippen molar-refractivity contribution in [3.8, 4) is 6.07 Å². The molecule has 5 saturated heterocycles. The molecule has 5 heterocycles. The van der Waals surface area contributed by atoms with Crippen LogP contribution in [0.2, 0.25) is 5.02 Å². The summed E-state index contributed by atoms with van der Waals surface area (Å²) in [6, 6.07) is 24.6. The number of nitrogens with one attached hydrogen (secondary N) is 2. The summed E-state index contributed by atoms with van der Waals surface area (Å²) < 4.78 is 0. The topological polar surface area (TPSA) is 115 Å². The van der Waals surface area contributed by atoms with Gasteiger partial charge in [-0.15, -0.1) is 0 Å². The van der Waals surface area contributed by atoms with Crippen molar-refractivity contribution in [1.82, 2.24) is 15.1 Å². The van der Waals surface area contributed by atoms with Crippen LogP contribution in [0.1, 0.15) is 61.4 Å². The lowest BCUT2D eigenvalue weighted by atomic mass is 9.76. The van der Waals surface area contributed by atoms with E-state index in [1.165, 1.54) is 5.69 Å². The first-order valence-electron chi connectivity index (χ1n) is 19.5. The molecule has 2 N–H and O–H groups in total. The standard InChI is InChI=1S/C42H49ClN8O3/c1-29-25-42(28-51(29)35-10-7-31(26-44)37(43)24-35)14-17-48(18-15-42)33-8-5-30(6-9-33)41(54)50-16-13-36(50)27-47-19-21-49(22-20-47)34-4-2-3-32(23-34)45-38-11-12-39(52)46-40(38)53/h2-10,23-24,29,36,38,45H,11-22,25,27-28H2,1H3,(H,46,52,53)/t29-,36?,38+/m1/s1. The van der Waals surface area contributed by atoms with E-state index in [-0.39, 0.29) is 29.2 Å². The first-order chi connectivity index (χ1) is 26.2. The van der Waals surface area contributed by atoms with Crippen LogP contribution in [0.3, 0.4) is 0 Å². The average molecular weight is 749 g/mol. The van der Waals surface area contributed by atoms with Crippen molar-refractivity contribution in [2.75, 3.05) is 78.9 Å². The fourth-order valence-electron chi connectivity index (χ4n) is 9.23. The Morgan fingerprint density at radius 1 is 0.907 bits per heavy atom. The molecule has 3 amide bonds. The second-order valence-electron chi connectivity index (χ2n) is 15.9. The van der Waals surface area contributed by atoms with E-state index < -0.39 is 6.04 Å². The largest absolute Gasteiger partial charge is 0.374 e. The molecular formula is C42H49ClN8O3. The molecule has 0 saturated carbocycles. The Morgan fingerprint density at radius 3 is 2.33 bits per heavy atom. The van der Waals surface area contributed by atoms with Gasteiger partial charge in [-0.05, 0) is 105 Å². The highest BCUT2D eigenvalue weighted by molar-refractivity contribution is 6.32. The lowest BCUT2D eigenvalue weighted by Gasteiger charge is -2.45. The van der Waals surface area contributed by atoms with Gasteiger partial charge in [0.2, 0.25) is 11.8 Å². The zero-order valence-electron chi connectivity index (χ0n) is 31.0. The maximum Gasteiger partial charge on any atom is 0.254 e. The van der Waals surface area contributed by atoms with Gasteiger partial charge in [0.05, 0.1) is 10.6 Å². The van der Waals surface area contributed by atoms with Gasteiger partial charge in [0.25, 0.3) is 5.91 Å². The van der Waals surface area contributed by atoms with Crippen LogP contribution in [-0.4, -0.2) is 105 Å². The normalized spacial score (nSPS) is 24.3. The number of rotatable bonds is 8. The molecule has 3 aromatic rings. The van der Waals surface area contributed by atoms with Gasteiger partial charge in [-0.2, -0.15) is 5.26 Å². The molecule has 1 spiro atoms. The third kappa shape index (κ3) is 7.46. The van der Waals surface area contributed by atoms with Crippen molar-refractivity contribution in [1.29, 1.82) is 5.26 Å². The Morgan fingerprint density at radius 2 is 1.65 bits per heavy atom. The Kier molecular flexibility index (Phi) is 10.2. The van der Waals surface area contributed by atoms with Crippen LogP contribution in [0.5, 0.6) is 0 Å². The van der Waals surface area contributed by atoms with Gasteiger partial charge in [-0.25, -0.2) is 0 Å². The first kappa shape index (κ1) is 36.2. The summed E-state index contributed by atoms with van der Waals surface area (Å²) in [4.78, 5) is 49.2. The Bertz CT molecular complexity index is 1930. The number of carbonyl (C=O) groups excluding carboxylic acids is 3. The van der Waals surface area contributed by atoms with Gasteiger partial charge < -0.3 is 24.9 Å². The summed E-state index contributed by atoms with van der Waals surface area (Å²) in [7, 11) is 0. The van der Waals surface area contributed by atoms with E-state index in [4.69, 9.17) is 11.6 Å². The molecule has 5 fully saturated rings.